The molecule has 140 valence electrons. The maximum Gasteiger partial charge on any atom is 0.418 e. The van der Waals surface area contributed by atoms with Crippen LogP contribution in [0.5, 0.6) is 0 Å². The van der Waals surface area contributed by atoms with Crippen molar-refractivity contribution < 1.29 is 18.0 Å². The highest BCUT2D eigenvalue weighted by atomic mass is 32.2. The van der Waals surface area contributed by atoms with Crippen molar-refractivity contribution in [3.05, 3.63) is 59.7 Å². The number of benzene rings is 2. The molecule has 0 radical (unpaired) electrons. The maximum absolute atomic E-state index is 13.0. The Bertz CT molecular complexity index is 908. The van der Waals surface area contributed by atoms with Crippen LogP contribution in [0, 0.1) is 0 Å². The second kappa shape index (κ2) is 7.83. The van der Waals surface area contributed by atoms with Gasteiger partial charge in [0.05, 0.1) is 17.0 Å². The SMILES string of the molecule is CC(=O)Nc1ccc(C2=NNC(=Nc3ccccc3C(F)(F)F)SC2)cc1. The van der Waals surface area contributed by atoms with Crippen LogP contribution in [0.25, 0.3) is 0 Å². The van der Waals surface area contributed by atoms with Crippen LogP contribution < -0.4 is 10.7 Å². The summed E-state index contributed by atoms with van der Waals surface area (Å²) in [7, 11) is 0. The molecule has 1 heterocycles. The first-order valence-electron chi connectivity index (χ1n) is 7.91. The minimum absolute atomic E-state index is 0.154. The van der Waals surface area contributed by atoms with Crippen molar-refractivity contribution in [3.8, 4) is 0 Å². The van der Waals surface area contributed by atoms with Crippen LogP contribution >= 0.6 is 11.8 Å². The lowest BCUT2D eigenvalue weighted by atomic mass is 10.1. The van der Waals surface area contributed by atoms with Gasteiger partial charge in [-0.3, -0.25) is 10.2 Å². The zero-order chi connectivity index (χ0) is 19.4. The molecule has 5 nitrogen and oxygen atoms in total. The average Bonchev–Trinajstić information content (AvgIpc) is 2.62. The zero-order valence-corrected chi connectivity index (χ0v) is 15.0. The number of thioether (sulfide) groups is 1. The number of halogens is 3. The Morgan fingerprint density at radius 2 is 1.89 bits per heavy atom. The first-order chi connectivity index (χ1) is 12.8. The first kappa shape index (κ1) is 19.0. The van der Waals surface area contributed by atoms with Crippen LogP contribution in [0.2, 0.25) is 0 Å². The van der Waals surface area contributed by atoms with Crippen LogP contribution in [0.4, 0.5) is 24.5 Å². The van der Waals surface area contributed by atoms with Crippen molar-refractivity contribution in [2.45, 2.75) is 13.1 Å². The van der Waals surface area contributed by atoms with Crippen molar-refractivity contribution in [2.24, 2.45) is 10.1 Å². The number of anilines is 1. The van der Waals surface area contributed by atoms with E-state index < -0.39 is 11.7 Å². The molecule has 0 saturated heterocycles. The number of hydrogen-bond donors (Lipinski definition) is 2. The Labute approximate surface area is 157 Å². The molecular weight excluding hydrogens is 377 g/mol. The summed E-state index contributed by atoms with van der Waals surface area (Å²) in [5.74, 6) is 0.300. The summed E-state index contributed by atoms with van der Waals surface area (Å²) >= 11 is 1.27. The summed E-state index contributed by atoms with van der Waals surface area (Å²) in [6.07, 6.45) is -4.47. The molecule has 2 aromatic rings. The number of aliphatic imine (C=N–C) groups is 1. The van der Waals surface area contributed by atoms with Gasteiger partial charge in [0.2, 0.25) is 5.91 Å². The standard InChI is InChI=1S/C18H15F3N4OS/c1-11(26)22-13-8-6-12(7-9-13)16-10-27-17(25-24-16)23-15-5-3-2-4-14(15)18(19,20)21/h2-9H,10H2,1H3,(H,22,26)(H,23,25). The van der Waals surface area contributed by atoms with E-state index in [2.05, 4.69) is 20.8 Å². The molecule has 0 atom stereocenters. The van der Waals surface area contributed by atoms with E-state index in [4.69, 9.17) is 0 Å². The number of nitrogens with one attached hydrogen (secondary N) is 2. The second-order valence-corrected chi connectivity index (χ2v) is 6.61. The Morgan fingerprint density at radius 1 is 1.19 bits per heavy atom. The predicted octanol–water partition coefficient (Wildman–Crippen LogP) is 4.39. The highest BCUT2D eigenvalue weighted by molar-refractivity contribution is 8.14. The molecule has 0 aromatic heterocycles. The molecule has 0 aliphatic carbocycles. The molecule has 9 heteroatoms. The fourth-order valence-corrected chi connectivity index (χ4v) is 3.17. The van der Waals surface area contributed by atoms with E-state index in [-0.39, 0.29) is 11.6 Å². The van der Waals surface area contributed by atoms with E-state index >= 15 is 0 Å². The number of amides is 1. The lowest BCUT2D eigenvalue weighted by Gasteiger charge is -2.16. The third kappa shape index (κ3) is 4.88. The largest absolute Gasteiger partial charge is 0.418 e. The summed E-state index contributed by atoms with van der Waals surface area (Å²) in [6, 6.07) is 12.3. The highest BCUT2D eigenvalue weighted by Gasteiger charge is 2.33. The van der Waals surface area contributed by atoms with Crippen LogP contribution in [-0.4, -0.2) is 22.5 Å². The Morgan fingerprint density at radius 3 is 2.48 bits per heavy atom. The fraction of sp³-hybridized carbons (Fsp3) is 0.167. The number of hydrazone groups is 1. The number of carbonyl (C=O) groups excluding carboxylic acids is 1. The lowest BCUT2D eigenvalue weighted by molar-refractivity contribution is -0.137. The average molecular weight is 392 g/mol. The molecule has 2 N–H and O–H groups in total. The number of amidine groups is 1. The first-order valence-corrected chi connectivity index (χ1v) is 8.90. The topological polar surface area (TPSA) is 65.8 Å². The number of carbonyl (C=O) groups is 1. The van der Waals surface area contributed by atoms with Crippen molar-refractivity contribution in [3.63, 3.8) is 0 Å². The zero-order valence-electron chi connectivity index (χ0n) is 14.2. The molecule has 0 fully saturated rings. The van der Waals surface area contributed by atoms with Gasteiger partial charge < -0.3 is 5.32 Å². The number of rotatable bonds is 3. The van der Waals surface area contributed by atoms with E-state index in [1.165, 1.54) is 36.9 Å². The number of alkyl halides is 3. The Kier molecular flexibility index (Phi) is 5.50. The third-order valence-corrected chi connectivity index (χ3v) is 4.48. The van der Waals surface area contributed by atoms with Crippen molar-refractivity contribution in [1.29, 1.82) is 0 Å². The highest BCUT2D eigenvalue weighted by Crippen LogP contribution is 2.36. The summed E-state index contributed by atoms with van der Waals surface area (Å²) < 4.78 is 39.1. The fourth-order valence-electron chi connectivity index (χ4n) is 2.39. The van der Waals surface area contributed by atoms with E-state index in [0.29, 0.717) is 16.6 Å². The van der Waals surface area contributed by atoms with Gasteiger partial charge >= 0.3 is 6.18 Å². The van der Waals surface area contributed by atoms with Gasteiger partial charge in [0, 0.05) is 18.4 Å². The monoisotopic (exact) mass is 392 g/mol. The van der Waals surface area contributed by atoms with Gasteiger partial charge in [0.1, 0.15) is 0 Å². The van der Waals surface area contributed by atoms with Crippen LogP contribution in [0.3, 0.4) is 0 Å². The minimum Gasteiger partial charge on any atom is -0.326 e. The van der Waals surface area contributed by atoms with E-state index in [1.807, 2.05) is 12.1 Å². The van der Waals surface area contributed by atoms with Crippen LogP contribution in [0.1, 0.15) is 18.1 Å². The summed E-state index contributed by atoms with van der Waals surface area (Å²) in [4.78, 5) is 15.1. The van der Waals surface area contributed by atoms with E-state index in [9.17, 15) is 18.0 Å². The molecule has 0 saturated carbocycles. The number of hydrogen-bond acceptors (Lipinski definition) is 4. The molecule has 1 aliphatic rings. The minimum atomic E-state index is -4.47. The van der Waals surface area contributed by atoms with Gasteiger partial charge in [0.25, 0.3) is 0 Å². The van der Waals surface area contributed by atoms with Crippen LogP contribution in [-0.2, 0) is 11.0 Å². The summed E-state index contributed by atoms with van der Waals surface area (Å²) in [6.45, 7) is 1.43. The molecule has 2 aromatic carbocycles. The van der Waals surface area contributed by atoms with E-state index in [0.717, 1.165) is 17.3 Å². The predicted molar refractivity (Wildman–Crippen MR) is 101 cm³/mol. The number of para-hydroxylation sites is 1. The summed E-state index contributed by atoms with van der Waals surface area (Å²) in [5, 5.41) is 7.18. The van der Waals surface area contributed by atoms with Crippen LogP contribution in [0.15, 0.2) is 58.6 Å². The van der Waals surface area contributed by atoms with Gasteiger partial charge in [-0.05, 0) is 29.8 Å². The molecule has 0 spiro atoms. The molecular formula is C18H15F3N4OS. The van der Waals surface area contributed by atoms with E-state index in [1.54, 1.807) is 12.1 Å². The molecule has 3 rings (SSSR count). The van der Waals surface area contributed by atoms with Gasteiger partial charge in [-0.2, -0.15) is 18.3 Å². The third-order valence-electron chi connectivity index (χ3n) is 3.60. The Balaban J connectivity index is 1.75. The normalized spacial score (nSPS) is 15.9. The number of nitrogens with zero attached hydrogens (tertiary/aromatic N) is 2. The molecule has 1 amide bonds. The molecule has 0 bridgehead atoms. The maximum atomic E-state index is 13.0. The summed E-state index contributed by atoms with van der Waals surface area (Å²) in [5.41, 5.74) is 4.02. The quantitative estimate of drug-likeness (QED) is 0.814. The molecule has 0 unspecified atom stereocenters. The van der Waals surface area contributed by atoms with Crippen molar-refractivity contribution in [1.82, 2.24) is 5.43 Å². The molecule has 1 aliphatic heterocycles. The van der Waals surface area contributed by atoms with Crippen molar-refractivity contribution in [2.75, 3.05) is 11.1 Å². The second-order valence-electron chi connectivity index (χ2n) is 5.65. The smallest absolute Gasteiger partial charge is 0.326 e. The van der Waals surface area contributed by atoms with Gasteiger partial charge in [-0.15, -0.1) is 0 Å². The Hall–Kier alpha value is -2.81. The van der Waals surface area contributed by atoms with Crippen molar-refractivity contribution >= 4 is 39.9 Å². The lowest BCUT2D eigenvalue weighted by Crippen LogP contribution is -2.25. The molecule has 27 heavy (non-hydrogen) atoms. The van der Waals surface area contributed by atoms with Gasteiger partial charge in [0.15, 0.2) is 5.17 Å². The van der Waals surface area contributed by atoms with Gasteiger partial charge in [-0.1, -0.05) is 36.0 Å². The van der Waals surface area contributed by atoms with Gasteiger partial charge in [-0.25, -0.2) is 4.99 Å².